The Morgan fingerprint density at radius 2 is 2.21 bits per heavy atom. The van der Waals surface area contributed by atoms with Crippen LogP contribution in [0.4, 0.5) is 5.69 Å². The predicted octanol–water partition coefficient (Wildman–Crippen LogP) is 1.83. The van der Waals surface area contributed by atoms with Crippen LogP contribution >= 0.6 is 0 Å². The van der Waals surface area contributed by atoms with Crippen LogP contribution in [-0.2, 0) is 4.74 Å². The van der Waals surface area contributed by atoms with E-state index in [2.05, 4.69) is 22.4 Å². The van der Waals surface area contributed by atoms with Crippen molar-refractivity contribution in [3.8, 4) is 11.4 Å². The van der Waals surface area contributed by atoms with Crippen molar-refractivity contribution in [2.75, 3.05) is 19.5 Å². The summed E-state index contributed by atoms with van der Waals surface area (Å²) in [6, 6.07) is 5.89. The molecule has 1 aromatic heterocycles. The van der Waals surface area contributed by atoms with E-state index in [1.807, 2.05) is 29.8 Å². The van der Waals surface area contributed by atoms with Crippen molar-refractivity contribution >= 4 is 5.69 Å². The van der Waals surface area contributed by atoms with Gasteiger partial charge < -0.3 is 10.5 Å². The van der Waals surface area contributed by atoms with Gasteiger partial charge in [-0.15, -0.1) is 5.10 Å². The van der Waals surface area contributed by atoms with Crippen LogP contribution in [0.25, 0.3) is 11.4 Å². The smallest absolute Gasteiger partial charge is 0.182 e. The van der Waals surface area contributed by atoms with Crippen molar-refractivity contribution in [1.29, 1.82) is 0 Å². The molecule has 0 amide bonds. The highest BCUT2D eigenvalue weighted by molar-refractivity contribution is 5.67. The maximum absolute atomic E-state index is 5.94. The minimum absolute atomic E-state index is 0.121. The number of aromatic nitrogens is 4. The molecule has 0 radical (unpaired) electrons. The number of tetrazole rings is 1. The second kappa shape index (κ2) is 5.79. The van der Waals surface area contributed by atoms with E-state index in [-0.39, 0.29) is 6.04 Å². The van der Waals surface area contributed by atoms with Crippen LogP contribution in [-0.4, -0.2) is 33.9 Å². The summed E-state index contributed by atoms with van der Waals surface area (Å²) in [4.78, 5) is 0. The summed E-state index contributed by atoms with van der Waals surface area (Å²) in [5.41, 5.74) is 8.63. The van der Waals surface area contributed by atoms with Gasteiger partial charge >= 0.3 is 0 Å². The molecule has 2 N–H and O–H groups in total. The molecule has 6 nitrogen and oxygen atoms in total. The Morgan fingerprint density at radius 1 is 1.42 bits per heavy atom. The average molecular weight is 261 g/mol. The van der Waals surface area contributed by atoms with Gasteiger partial charge in [-0.2, -0.15) is 0 Å². The number of hydrogen-bond donors (Lipinski definition) is 1. The zero-order valence-electron chi connectivity index (χ0n) is 11.5. The number of methoxy groups -OCH3 is 1. The molecule has 0 saturated carbocycles. The average Bonchev–Trinajstić information content (AvgIpc) is 2.88. The van der Waals surface area contributed by atoms with Gasteiger partial charge in [-0.25, -0.2) is 4.68 Å². The summed E-state index contributed by atoms with van der Waals surface area (Å²) in [5.74, 6) is 0.730. The van der Waals surface area contributed by atoms with E-state index in [1.54, 1.807) is 7.11 Å². The number of nitrogens with two attached hydrogens (primary N) is 1. The van der Waals surface area contributed by atoms with Gasteiger partial charge in [0, 0.05) is 18.4 Å². The molecule has 0 saturated heterocycles. The summed E-state index contributed by atoms with van der Waals surface area (Å²) in [7, 11) is 1.68. The Hall–Kier alpha value is -1.95. The van der Waals surface area contributed by atoms with Crippen molar-refractivity contribution in [2.24, 2.45) is 0 Å². The predicted molar refractivity (Wildman–Crippen MR) is 73.6 cm³/mol. The molecule has 0 aliphatic carbocycles. The molecule has 1 atom stereocenters. The summed E-state index contributed by atoms with van der Waals surface area (Å²) in [5, 5.41) is 12.0. The lowest BCUT2D eigenvalue weighted by molar-refractivity contribution is 0.147. The van der Waals surface area contributed by atoms with Gasteiger partial charge in [-0.3, -0.25) is 0 Å². The highest BCUT2D eigenvalue weighted by Gasteiger charge is 2.18. The third-order valence-electron chi connectivity index (χ3n) is 3.29. The number of anilines is 1. The monoisotopic (exact) mass is 261 g/mol. The maximum atomic E-state index is 5.94. The van der Waals surface area contributed by atoms with Gasteiger partial charge in [0.05, 0.1) is 12.6 Å². The first-order chi connectivity index (χ1) is 9.19. The van der Waals surface area contributed by atoms with Crippen LogP contribution in [0.3, 0.4) is 0 Å². The fraction of sp³-hybridized carbons (Fsp3) is 0.462. The van der Waals surface area contributed by atoms with E-state index in [1.165, 1.54) is 0 Å². The Bertz CT molecular complexity index is 552. The number of benzene rings is 1. The molecule has 2 rings (SSSR count). The van der Waals surface area contributed by atoms with Crippen molar-refractivity contribution in [2.45, 2.75) is 26.3 Å². The van der Waals surface area contributed by atoms with Crippen molar-refractivity contribution in [1.82, 2.24) is 20.2 Å². The van der Waals surface area contributed by atoms with Gasteiger partial charge in [0.25, 0.3) is 0 Å². The highest BCUT2D eigenvalue weighted by Crippen LogP contribution is 2.27. The topological polar surface area (TPSA) is 78.8 Å². The van der Waals surface area contributed by atoms with Crippen molar-refractivity contribution < 1.29 is 4.74 Å². The molecule has 102 valence electrons. The Balaban J connectivity index is 2.46. The fourth-order valence-electron chi connectivity index (χ4n) is 2.07. The van der Waals surface area contributed by atoms with E-state index in [4.69, 9.17) is 10.5 Å². The third-order valence-corrected chi connectivity index (χ3v) is 3.29. The fourth-order valence-corrected chi connectivity index (χ4v) is 2.07. The Labute approximate surface area is 112 Å². The molecule has 1 unspecified atom stereocenters. The molecule has 0 bridgehead atoms. The molecule has 2 aromatic rings. The normalized spacial score (nSPS) is 12.6. The molecule has 1 aromatic carbocycles. The Kier molecular flexibility index (Phi) is 4.11. The largest absolute Gasteiger partial charge is 0.398 e. The summed E-state index contributed by atoms with van der Waals surface area (Å²) in [6.45, 7) is 4.64. The second-order valence-corrected chi connectivity index (χ2v) is 4.48. The number of ether oxygens (including phenoxy) is 1. The lowest BCUT2D eigenvalue weighted by atomic mass is 10.1. The zero-order chi connectivity index (χ0) is 13.8. The van der Waals surface area contributed by atoms with Gasteiger partial charge in [-0.1, -0.05) is 19.1 Å². The third kappa shape index (κ3) is 2.58. The summed E-state index contributed by atoms with van der Waals surface area (Å²) < 4.78 is 7.03. The number of rotatable bonds is 5. The lowest BCUT2D eigenvalue weighted by Gasteiger charge is -2.16. The quantitative estimate of drug-likeness (QED) is 0.831. The molecule has 19 heavy (non-hydrogen) atoms. The minimum Gasteiger partial charge on any atom is -0.398 e. The number of nitrogens with zero attached hydrogens (tertiary/aromatic N) is 4. The molecule has 1 heterocycles. The summed E-state index contributed by atoms with van der Waals surface area (Å²) in [6.07, 6.45) is 0.896. The van der Waals surface area contributed by atoms with Crippen LogP contribution in [0.15, 0.2) is 18.2 Å². The Morgan fingerprint density at radius 3 is 2.89 bits per heavy atom. The first kappa shape index (κ1) is 13.5. The van der Waals surface area contributed by atoms with Gasteiger partial charge in [0.1, 0.15) is 0 Å². The first-order valence-electron chi connectivity index (χ1n) is 6.31. The van der Waals surface area contributed by atoms with Crippen LogP contribution in [0.2, 0.25) is 0 Å². The summed E-state index contributed by atoms with van der Waals surface area (Å²) >= 11 is 0. The number of nitrogen functional groups attached to an aromatic ring is 1. The van der Waals surface area contributed by atoms with Crippen molar-refractivity contribution in [3.05, 3.63) is 23.8 Å². The molecular formula is C13H19N5O. The van der Waals surface area contributed by atoms with Crippen LogP contribution in [0, 0.1) is 6.92 Å². The van der Waals surface area contributed by atoms with Gasteiger partial charge in [-0.05, 0) is 35.4 Å². The molecule has 0 aliphatic heterocycles. The minimum atomic E-state index is 0.121. The van der Waals surface area contributed by atoms with E-state index in [0.717, 1.165) is 29.1 Å². The van der Waals surface area contributed by atoms with E-state index in [0.29, 0.717) is 6.61 Å². The molecule has 6 heteroatoms. The molecular weight excluding hydrogens is 242 g/mol. The number of hydrogen-bond acceptors (Lipinski definition) is 5. The van der Waals surface area contributed by atoms with E-state index >= 15 is 0 Å². The molecule has 0 fully saturated rings. The van der Waals surface area contributed by atoms with E-state index < -0.39 is 0 Å². The molecule has 0 spiro atoms. The van der Waals surface area contributed by atoms with E-state index in [9.17, 15) is 0 Å². The highest BCUT2D eigenvalue weighted by atomic mass is 16.5. The zero-order valence-corrected chi connectivity index (χ0v) is 11.5. The second-order valence-electron chi connectivity index (χ2n) is 4.48. The molecule has 0 aliphatic rings. The van der Waals surface area contributed by atoms with Gasteiger partial charge in [0.15, 0.2) is 5.82 Å². The maximum Gasteiger partial charge on any atom is 0.182 e. The van der Waals surface area contributed by atoms with Crippen LogP contribution in [0.1, 0.15) is 24.9 Å². The lowest BCUT2D eigenvalue weighted by Crippen LogP contribution is -2.17. The van der Waals surface area contributed by atoms with Crippen molar-refractivity contribution in [3.63, 3.8) is 0 Å². The van der Waals surface area contributed by atoms with Crippen LogP contribution < -0.4 is 5.73 Å². The SMILES string of the molecule is CCC(COC)n1nnnc1-c1cccc(N)c1C. The first-order valence-corrected chi connectivity index (χ1v) is 6.31. The van der Waals surface area contributed by atoms with Crippen LogP contribution in [0.5, 0.6) is 0 Å². The van der Waals surface area contributed by atoms with Gasteiger partial charge in [0.2, 0.25) is 0 Å². The standard InChI is InChI=1S/C13H19N5O/c1-4-10(8-19-3)18-13(15-16-17-18)11-6-5-7-12(14)9(11)2/h5-7,10H,4,8,14H2,1-3H3.